The van der Waals surface area contributed by atoms with Crippen molar-refractivity contribution in [1.29, 1.82) is 0 Å². The maximum absolute atomic E-state index is 11.9. The van der Waals surface area contributed by atoms with Crippen molar-refractivity contribution >= 4 is 11.8 Å². The normalized spacial score (nSPS) is 15.7. The molecule has 0 radical (unpaired) electrons. The van der Waals surface area contributed by atoms with Crippen LogP contribution < -0.4 is 11.5 Å². The first-order valence-corrected chi connectivity index (χ1v) is 4.22. The molecule has 1 atom stereocenters. The predicted octanol–water partition coefficient (Wildman–Crippen LogP) is 0.696. The van der Waals surface area contributed by atoms with Gasteiger partial charge in [-0.3, -0.25) is 9.59 Å². The summed E-state index contributed by atoms with van der Waals surface area (Å²) in [6.07, 6.45) is -6.55. The maximum atomic E-state index is 11.9. The summed E-state index contributed by atoms with van der Waals surface area (Å²) in [6.45, 7) is 1.20. The van der Waals surface area contributed by atoms with Gasteiger partial charge in [-0.1, -0.05) is 6.92 Å². The van der Waals surface area contributed by atoms with Crippen LogP contribution in [0.3, 0.4) is 0 Å². The van der Waals surface area contributed by atoms with Gasteiger partial charge >= 0.3 is 6.18 Å². The highest BCUT2D eigenvalue weighted by Gasteiger charge is 2.38. The molecule has 2 amide bonds. The Labute approximate surface area is 84.8 Å². The molecule has 0 heterocycles. The standard InChI is InChI=1S/C8H13F3N2O2/c1-7(6(13)15,4-5(12)14)2-3-8(9,10)11/h2-4H2,1H3,(H2,12,14)(H2,13,15). The van der Waals surface area contributed by atoms with Crippen molar-refractivity contribution in [2.75, 3.05) is 0 Å². The molecule has 0 aromatic rings. The highest BCUT2D eigenvalue weighted by atomic mass is 19.4. The number of carbonyl (C=O) groups is 2. The number of nitrogens with two attached hydrogens (primary N) is 2. The number of alkyl halides is 3. The van der Waals surface area contributed by atoms with Gasteiger partial charge in [0.2, 0.25) is 11.8 Å². The van der Waals surface area contributed by atoms with Gasteiger partial charge in [-0.25, -0.2) is 0 Å². The molecule has 15 heavy (non-hydrogen) atoms. The largest absolute Gasteiger partial charge is 0.389 e. The minimum atomic E-state index is -4.38. The molecule has 0 spiro atoms. The average Bonchev–Trinajstić information content (AvgIpc) is 1.98. The highest BCUT2D eigenvalue weighted by Crippen LogP contribution is 2.32. The molecule has 0 aromatic carbocycles. The Morgan fingerprint density at radius 3 is 1.87 bits per heavy atom. The summed E-state index contributed by atoms with van der Waals surface area (Å²) in [5.41, 5.74) is 8.24. The van der Waals surface area contributed by atoms with E-state index in [-0.39, 0.29) is 0 Å². The minimum absolute atomic E-state index is 0.474. The summed E-state index contributed by atoms with van der Waals surface area (Å²) < 4.78 is 35.8. The molecule has 1 unspecified atom stereocenters. The molecule has 0 aliphatic rings. The van der Waals surface area contributed by atoms with Gasteiger partial charge in [-0.2, -0.15) is 13.2 Å². The topological polar surface area (TPSA) is 86.2 Å². The van der Waals surface area contributed by atoms with Crippen LogP contribution in [0, 0.1) is 5.41 Å². The Kier molecular flexibility index (Phi) is 4.12. The van der Waals surface area contributed by atoms with E-state index in [0.29, 0.717) is 0 Å². The van der Waals surface area contributed by atoms with Crippen molar-refractivity contribution in [3.8, 4) is 0 Å². The summed E-state index contributed by atoms with van der Waals surface area (Å²) >= 11 is 0. The first kappa shape index (κ1) is 13.7. The molecule has 0 saturated carbocycles. The molecule has 88 valence electrons. The van der Waals surface area contributed by atoms with E-state index in [2.05, 4.69) is 0 Å². The van der Waals surface area contributed by atoms with Crippen molar-refractivity contribution in [2.45, 2.75) is 32.4 Å². The lowest BCUT2D eigenvalue weighted by Crippen LogP contribution is -2.38. The van der Waals surface area contributed by atoms with Crippen LogP contribution in [0.25, 0.3) is 0 Å². The second-order valence-electron chi connectivity index (χ2n) is 3.68. The van der Waals surface area contributed by atoms with E-state index in [1.165, 1.54) is 6.92 Å². The van der Waals surface area contributed by atoms with Gasteiger partial charge in [0.05, 0.1) is 5.41 Å². The first-order chi connectivity index (χ1) is 6.57. The van der Waals surface area contributed by atoms with Gasteiger partial charge in [-0.15, -0.1) is 0 Å². The molecule has 0 aromatic heterocycles. The zero-order valence-electron chi connectivity index (χ0n) is 8.23. The van der Waals surface area contributed by atoms with E-state index in [4.69, 9.17) is 11.5 Å². The quantitative estimate of drug-likeness (QED) is 0.722. The summed E-state index contributed by atoms with van der Waals surface area (Å²) in [5, 5.41) is 0. The van der Waals surface area contributed by atoms with Crippen molar-refractivity contribution < 1.29 is 22.8 Å². The predicted molar refractivity (Wildman–Crippen MR) is 46.4 cm³/mol. The van der Waals surface area contributed by atoms with Crippen LogP contribution in [0.2, 0.25) is 0 Å². The SMILES string of the molecule is CC(CCC(F)(F)F)(CC(N)=O)C(N)=O. The van der Waals surface area contributed by atoms with Crippen LogP contribution in [-0.2, 0) is 9.59 Å². The molecule has 0 fully saturated rings. The van der Waals surface area contributed by atoms with Crippen LogP contribution in [-0.4, -0.2) is 18.0 Å². The van der Waals surface area contributed by atoms with Gasteiger partial charge in [0.1, 0.15) is 0 Å². The number of hydrogen-bond donors (Lipinski definition) is 2. The van der Waals surface area contributed by atoms with E-state index < -0.39 is 42.7 Å². The molecular formula is C8H13F3N2O2. The number of amides is 2. The molecule has 4 N–H and O–H groups in total. The smallest absolute Gasteiger partial charge is 0.370 e. The van der Waals surface area contributed by atoms with Crippen molar-refractivity contribution in [2.24, 2.45) is 16.9 Å². The van der Waals surface area contributed by atoms with Gasteiger partial charge in [0.25, 0.3) is 0 Å². The third kappa shape index (κ3) is 5.24. The van der Waals surface area contributed by atoms with E-state index in [9.17, 15) is 22.8 Å². The van der Waals surface area contributed by atoms with Gasteiger partial charge in [0, 0.05) is 12.8 Å². The Hall–Kier alpha value is -1.27. The molecule has 7 heteroatoms. The third-order valence-electron chi connectivity index (χ3n) is 2.12. The number of primary amides is 2. The lowest BCUT2D eigenvalue weighted by atomic mass is 9.81. The van der Waals surface area contributed by atoms with E-state index in [1.807, 2.05) is 0 Å². The lowest BCUT2D eigenvalue weighted by molar-refractivity contribution is -0.147. The molecular weight excluding hydrogens is 213 g/mol. The Morgan fingerprint density at radius 1 is 1.13 bits per heavy atom. The fraction of sp³-hybridized carbons (Fsp3) is 0.750. The molecule has 4 nitrogen and oxygen atoms in total. The van der Waals surface area contributed by atoms with Gasteiger partial charge in [0.15, 0.2) is 0 Å². The van der Waals surface area contributed by atoms with Gasteiger partial charge in [-0.05, 0) is 6.42 Å². The number of hydrogen-bond acceptors (Lipinski definition) is 2. The Morgan fingerprint density at radius 2 is 1.60 bits per heavy atom. The van der Waals surface area contributed by atoms with Crippen LogP contribution >= 0.6 is 0 Å². The number of carbonyl (C=O) groups excluding carboxylic acids is 2. The summed E-state index contributed by atoms with van der Waals surface area (Å²) in [5.74, 6) is -1.80. The minimum Gasteiger partial charge on any atom is -0.370 e. The molecule has 0 rings (SSSR count). The third-order valence-corrected chi connectivity index (χ3v) is 2.12. The maximum Gasteiger partial charge on any atom is 0.389 e. The van der Waals surface area contributed by atoms with Gasteiger partial charge < -0.3 is 11.5 Å². The summed E-state index contributed by atoms with van der Waals surface area (Å²) in [7, 11) is 0. The van der Waals surface area contributed by atoms with Crippen LogP contribution in [0.15, 0.2) is 0 Å². The zero-order valence-corrected chi connectivity index (χ0v) is 8.23. The highest BCUT2D eigenvalue weighted by molar-refractivity contribution is 5.86. The number of rotatable bonds is 5. The molecule has 0 saturated heterocycles. The van der Waals surface area contributed by atoms with Crippen LogP contribution in [0.1, 0.15) is 26.2 Å². The monoisotopic (exact) mass is 226 g/mol. The van der Waals surface area contributed by atoms with Crippen molar-refractivity contribution in [3.05, 3.63) is 0 Å². The molecule has 0 bridgehead atoms. The van der Waals surface area contributed by atoms with E-state index >= 15 is 0 Å². The van der Waals surface area contributed by atoms with E-state index in [1.54, 1.807) is 0 Å². The second-order valence-corrected chi connectivity index (χ2v) is 3.68. The average molecular weight is 226 g/mol. The first-order valence-electron chi connectivity index (χ1n) is 4.22. The molecule has 0 aliphatic carbocycles. The zero-order chi connectivity index (χ0) is 12.3. The van der Waals surface area contributed by atoms with Crippen LogP contribution in [0.4, 0.5) is 13.2 Å². The van der Waals surface area contributed by atoms with E-state index in [0.717, 1.165) is 0 Å². The fourth-order valence-electron chi connectivity index (χ4n) is 1.10. The molecule has 0 aliphatic heterocycles. The summed E-state index contributed by atoms with van der Waals surface area (Å²) in [6, 6.07) is 0. The Balaban J connectivity index is 4.53. The van der Waals surface area contributed by atoms with Crippen LogP contribution in [0.5, 0.6) is 0 Å². The number of halogens is 3. The van der Waals surface area contributed by atoms with Crippen molar-refractivity contribution in [1.82, 2.24) is 0 Å². The second kappa shape index (κ2) is 4.50. The lowest BCUT2D eigenvalue weighted by Gasteiger charge is -2.24. The Bertz CT molecular complexity index is 265. The fourth-order valence-corrected chi connectivity index (χ4v) is 1.10. The summed E-state index contributed by atoms with van der Waals surface area (Å²) in [4.78, 5) is 21.5. The van der Waals surface area contributed by atoms with Crippen molar-refractivity contribution in [3.63, 3.8) is 0 Å².